The molecule has 2 aliphatic rings. The second-order valence-corrected chi connectivity index (χ2v) is 9.43. The Hall–Kier alpha value is -3.12. The maximum atomic E-state index is 14.9. The van der Waals surface area contributed by atoms with Crippen molar-refractivity contribution in [2.24, 2.45) is 0 Å². The van der Waals surface area contributed by atoms with Crippen molar-refractivity contribution in [2.75, 3.05) is 19.8 Å². The summed E-state index contributed by atoms with van der Waals surface area (Å²) in [6, 6.07) is 14.6. The number of piperidine rings is 1. The van der Waals surface area contributed by atoms with E-state index in [-0.39, 0.29) is 12.4 Å². The van der Waals surface area contributed by atoms with E-state index in [1.807, 2.05) is 43.3 Å². The highest BCUT2D eigenvalue weighted by Gasteiger charge is 2.21. The Morgan fingerprint density at radius 2 is 1.77 bits per heavy atom. The Labute approximate surface area is 205 Å². The number of nitrogens with zero attached hydrogens (tertiary/aromatic N) is 1. The summed E-state index contributed by atoms with van der Waals surface area (Å²) in [5.74, 6) is 0.439. The molecule has 2 aliphatic heterocycles. The minimum Gasteiger partial charge on any atom is -0.486 e. The number of benzene rings is 3. The summed E-state index contributed by atoms with van der Waals surface area (Å²) in [6.07, 6.45) is 3.38. The van der Waals surface area contributed by atoms with Gasteiger partial charge in [-0.2, -0.15) is 0 Å². The van der Waals surface area contributed by atoms with Crippen molar-refractivity contribution in [3.8, 4) is 28.4 Å². The predicted octanol–water partition coefficient (Wildman–Crippen LogP) is 6.66. The van der Waals surface area contributed by atoms with E-state index < -0.39 is 11.6 Å². The first-order valence-corrected chi connectivity index (χ1v) is 12.3. The zero-order valence-electron chi connectivity index (χ0n) is 20.3. The number of fused-ring (bicyclic) bond motifs is 1. The van der Waals surface area contributed by atoms with Crippen molar-refractivity contribution in [1.82, 2.24) is 4.90 Å². The van der Waals surface area contributed by atoms with Crippen LogP contribution < -0.4 is 14.2 Å². The molecule has 35 heavy (non-hydrogen) atoms. The first-order chi connectivity index (χ1) is 17.0. The summed E-state index contributed by atoms with van der Waals surface area (Å²) < 4.78 is 46.8. The summed E-state index contributed by atoms with van der Waals surface area (Å²) in [7, 11) is 0. The molecule has 0 bridgehead atoms. The molecule has 6 heteroatoms. The van der Waals surface area contributed by atoms with Crippen molar-refractivity contribution in [3.63, 3.8) is 0 Å². The van der Waals surface area contributed by atoms with E-state index in [0.717, 1.165) is 53.1 Å². The molecule has 0 aromatic heterocycles. The number of hydrogen-bond donors (Lipinski definition) is 0. The van der Waals surface area contributed by atoms with Gasteiger partial charge in [0.2, 0.25) is 0 Å². The second-order valence-electron chi connectivity index (χ2n) is 9.43. The van der Waals surface area contributed by atoms with Gasteiger partial charge in [0, 0.05) is 24.2 Å². The van der Waals surface area contributed by atoms with Crippen molar-refractivity contribution in [2.45, 2.75) is 52.3 Å². The van der Waals surface area contributed by atoms with Gasteiger partial charge in [0.05, 0.1) is 0 Å². The highest BCUT2D eigenvalue weighted by Crippen LogP contribution is 2.36. The van der Waals surface area contributed by atoms with Gasteiger partial charge in [-0.1, -0.05) is 30.7 Å². The van der Waals surface area contributed by atoms with Crippen LogP contribution in [0.1, 0.15) is 42.9 Å². The largest absolute Gasteiger partial charge is 0.486 e. The average Bonchev–Trinajstić information content (AvgIpc) is 2.87. The molecule has 1 fully saturated rings. The Morgan fingerprint density at radius 3 is 2.60 bits per heavy atom. The summed E-state index contributed by atoms with van der Waals surface area (Å²) in [4.78, 5) is 2.22. The van der Waals surface area contributed by atoms with E-state index >= 15 is 0 Å². The van der Waals surface area contributed by atoms with E-state index in [1.54, 1.807) is 0 Å². The van der Waals surface area contributed by atoms with Gasteiger partial charge in [0.15, 0.2) is 23.1 Å². The standard InChI is InChI=1S/C29H31F2NO3/c1-19-6-3-4-11-32(19)17-23-14-26(31)28(16-25(23)30)35-18-22-7-5-8-24(20(22)2)21-9-10-27-29(15-21)34-13-12-33-27/h5,7-10,14-16,19H,3-4,6,11-13,17-18H2,1-2H3/t19-/m1/s1. The van der Waals surface area contributed by atoms with Gasteiger partial charge in [-0.05, 0) is 73.7 Å². The summed E-state index contributed by atoms with van der Waals surface area (Å²) in [5.41, 5.74) is 4.33. The Bertz CT molecular complexity index is 1210. The Morgan fingerprint density at radius 1 is 0.943 bits per heavy atom. The van der Waals surface area contributed by atoms with Crippen LogP contribution in [-0.2, 0) is 13.2 Å². The molecule has 0 N–H and O–H groups in total. The molecule has 1 atom stereocenters. The van der Waals surface area contributed by atoms with Crippen LogP contribution in [0.25, 0.3) is 11.1 Å². The molecule has 1 saturated heterocycles. The summed E-state index contributed by atoms with van der Waals surface area (Å²) in [6.45, 7) is 6.70. The maximum absolute atomic E-state index is 14.9. The summed E-state index contributed by atoms with van der Waals surface area (Å²) >= 11 is 0. The minimum absolute atomic E-state index is 0.0675. The molecular weight excluding hydrogens is 448 g/mol. The van der Waals surface area contributed by atoms with Crippen molar-refractivity contribution < 1.29 is 23.0 Å². The van der Waals surface area contributed by atoms with Crippen molar-refractivity contribution in [1.29, 1.82) is 0 Å². The van der Waals surface area contributed by atoms with Crippen molar-refractivity contribution >= 4 is 0 Å². The van der Waals surface area contributed by atoms with Gasteiger partial charge < -0.3 is 14.2 Å². The highest BCUT2D eigenvalue weighted by atomic mass is 19.1. The predicted molar refractivity (Wildman–Crippen MR) is 132 cm³/mol. The van der Waals surface area contributed by atoms with Crippen LogP contribution in [0.4, 0.5) is 8.78 Å². The summed E-state index contributed by atoms with van der Waals surface area (Å²) in [5, 5.41) is 0. The number of rotatable bonds is 6. The quantitative estimate of drug-likeness (QED) is 0.395. The fourth-order valence-corrected chi connectivity index (χ4v) is 4.93. The van der Waals surface area contributed by atoms with Crippen LogP contribution in [0.5, 0.6) is 17.2 Å². The third kappa shape index (κ3) is 5.13. The van der Waals surface area contributed by atoms with Crippen LogP contribution in [0.3, 0.4) is 0 Å². The van der Waals surface area contributed by atoms with Gasteiger partial charge in [-0.15, -0.1) is 0 Å². The monoisotopic (exact) mass is 479 g/mol. The van der Waals surface area contributed by atoms with Gasteiger partial charge in [0.25, 0.3) is 0 Å². The van der Waals surface area contributed by atoms with Crippen LogP contribution in [-0.4, -0.2) is 30.7 Å². The molecule has 0 aliphatic carbocycles. The lowest BCUT2D eigenvalue weighted by atomic mass is 9.96. The van der Waals surface area contributed by atoms with E-state index in [0.29, 0.717) is 31.4 Å². The molecule has 3 aromatic rings. The lowest BCUT2D eigenvalue weighted by Gasteiger charge is -2.33. The SMILES string of the molecule is Cc1c(COc2cc(F)c(CN3CCCC[C@H]3C)cc2F)cccc1-c1ccc2c(c1)OCCO2. The first kappa shape index (κ1) is 23.6. The smallest absolute Gasteiger partial charge is 0.165 e. The van der Waals surface area contributed by atoms with Gasteiger partial charge >= 0.3 is 0 Å². The Kier molecular flexibility index (Phi) is 6.91. The maximum Gasteiger partial charge on any atom is 0.165 e. The molecule has 0 spiro atoms. The third-order valence-corrected chi connectivity index (χ3v) is 7.10. The molecule has 3 aromatic carbocycles. The van der Waals surface area contributed by atoms with Crippen LogP contribution in [0.2, 0.25) is 0 Å². The molecule has 0 unspecified atom stereocenters. The van der Waals surface area contributed by atoms with E-state index in [2.05, 4.69) is 11.8 Å². The fourth-order valence-electron chi connectivity index (χ4n) is 4.93. The normalized spacial score (nSPS) is 17.9. The van der Waals surface area contributed by atoms with E-state index in [9.17, 15) is 8.78 Å². The van der Waals surface area contributed by atoms with Crippen LogP contribution in [0, 0.1) is 18.6 Å². The van der Waals surface area contributed by atoms with Crippen LogP contribution >= 0.6 is 0 Å². The fraction of sp³-hybridized carbons (Fsp3) is 0.379. The lowest BCUT2D eigenvalue weighted by Crippen LogP contribution is -2.37. The average molecular weight is 480 g/mol. The van der Waals surface area contributed by atoms with Crippen LogP contribution in [0.15, 0.2) is 48.5 Å². The highest BCUT2D eigenvalue weighted by molar-refractivity contribution is 5.71. The zero-order chi connectivity index (χ0) is 24.4. The number of hydrogen-bond acceptors (Lipinski definition) is 4. The number of ether oxygens (including phenoxy) is 3. The molecular formula is C29H31F2NO3. The molecule has 4 nitrogen and oxygen atoms in total. The number of likely N-dealkylation sites (tertiary alicyclic amines) is 1. The molecule has 0 saturated carbocycles. The molecule has 184 valence electrons. The van der Waals surface area contributed by atoms with E-state index in [4.69, 9.17) is 14.2 Å². The molecule has 0 amide bonds. The number of halogens is 2. The third-order valence-electron chi connectivity index (χ3n) is 7.10. The van der Waals surface area contributed by atoms with Gasteiger partial charge in [0.1, 0.15) is 25.6 Å². The molecule has 5 rings (SSSR count). The van der Waals surface area contributed by atoms with Gasteiger partial charge in [-0.25, -0.2) is 8.78 Å². The van der Waals surface area contributed by atoms with Crippen molar-refractivity contribution in [3.05, 3.63) is 76.9 Å². The molecule has 2 heterocycles. The lowest BCUT2D eigenvalue weighted by molar-refractivity contribution is 0.150. The molecule has 0 radical (unpaired) electrons. The topological polar surface area (TPSA) is 30.9 Å². The zero-order valence-corrected chi connectivity index (χ0v) is 20.3. The second kappa shape index (κ2) is 10.2. The first-order valence-electron chi connectivity index (χ1n) is 12.3. The van der Waals surface area contributed by atoms with Gasteiger partial charge in [-0.3, -0.25) is 4.90 Å². The Balaban J connectivity index is 1.31. The minimum atomic E-state index is -0.535. The van der Waals surface area contributed by atoms with E-state index in [1.165, 1.54) is 18.6 Å².